The Balaban J connectivity index is 1.68. The van der Waals surface area contributed by atoms with E-state index in [0.717, 1.165) is 11.4 Å². The summed E-state index contributed by atoms with van der Waals surface area (Å²) in [5.41, 5.74) is 1.13. The van der Waals surface area contributed by atoms with E-state index in [1.54, 1.807) is 36.7 Å². The van der Waals surface area contributed by atoms with E-state index in [2.05, 4.69) is 15.6 Å². The van der Waals surface area contributed by atoms with E-state index in [1.165, 1.54) is 14.2 Å². The summed E-state index contributed by atoms with van der Waals surface area (Å²) in [6, 6.07) is 12.4. The van der Waals surface area contributed by atoms with Crippen molar-refractivity contribution in [3.05, 3.63) is 66.2 Å². The van der Waals surface area contributed by atoms with Crippen LogP contribution in [-0.2, 0) is 6.54 Å². The van der Waals surface area contributed by atoms with Gasteiger partial charge in [-0.15, -0.1) is 0 Å². The van der Waals surface area contributed by atoms with E-state index in [9.17, 15) is 4.79 Å². The third kappa shape index (κ3) is 3.94. The molecule has 7 heteroatoms. The minimum atomic E-state index is -0.358. The van der Waals surface area contributed by atoms with Crippen LogP contribution in [0.5, 0.6) is 11.5 Å². The van der Waals surface area contributed by atoms with Gasteiger partial charge in [-0.25, -0.2) is 4.98 Å². The van der Waals surface area contributed by atoms with Crippen molar-refractivity contribution in [2.75, 3.05) is 24.9 Å². The number of benzene rings is 1. The van der Waals surface area contributed by atoms with E-state index < -0.39 is 0 Å². The number of nitrogens with zero attached hydrogens (tertiary/aromatic N) is 1. The zero-order valence-electron chi connectivity index (χ0n) is 14.5. The molecule has 2 N–H and O–H groups in total. The van der Waals surface area contributed by atoms with E-state index >= 15 is 0 Å². The Morgan fingerprint density at radius 2 is 1.85 bits per heavy atom. The SMILES string of the molecule is COc1cccc(OC)c1C(=O)Nc1ccc(NCc2ccco2)cn1. The van der Waals surface area contributed by atoms with Crippen molar-refractivity contribution in [2.45, 2.75) is 6.54 Å². The zero-order chi connectivity index (χ0) is 18.4. The number of carbonyl (C=O) groups is 1. The molecule has 2 heterocycles. The molecule has 1 amide bonds. The van der Waals surface area contributed by atoms with E-state index in [4.69, 9.17) is 13.9 Å². The first kappa shape index (κ1) is 17.3. The smallest absolute Gasteiger partial charge is 0.264 e. The van der Waals surface area contributed by atoms with Crippen molar-refractivity contribution in [1.29, 1.82) is 0 Å². The number of nitrogens with one attached hydrogen (secondary N) is 2. The second kappa shape index (κ2) is 8.06. The molecule has 0 fully saturated rings. The zero-order valence-corrected chi connectivity index (χ0v) is 14.5. The number of amides is 1. The summed E-state index contributed by atoms with van der Waals surface area (Å²) < 4.78 is 15.8. The lowest BCUT2D eigenvalue weighted by Gasteiger charge is -2.13. The van der Waals surface area contributed by atoms with Crippen LogP contribution in [0, 0.1) is 0 Å². The fourth-order valence-corrected chi connectivity index (χ4v) is 2.43. The molecule has 0 atom stereocenters. The molecule has 0 unspecified atom stereocenters. The van der Waals surface area contributed by atoms with Gasteiger partial charge in [0.15, 0.2) is 0 Å². The number of aromatic nitrogens is 1. The van der Waals surface area contributed by atoms with Crippen LogP contribution in [0.3, 0.4) is 0 Å². The van der Waals surface area contributed by atoms with Gasteiger partial charge in [-0.05, 0) is 36.4 Å². The Hall–Kier alpha value is -3.48. The quantitative estimate of drug-likeness (QED) is 0.675. The molecule has 0 radical (unpaired) electrons. The van der Waals surface area contributed by atoms with Gasteiger partial charge in [0.25, 0.3) is 5.91 Å². The van der Waals surface area contributed by atoms with Crippen LogP contribution < -0.4 is 20.1 Å². The topological polar surface area (TPSA) is 85.6 Å². The highest BCUT2D eigenvalue weighted by atomic mass is 16.5. The third-order valence-electron chi connectivity index (χ3n) is 3.71. The number of anilines is 2. The number of methoxy groups -OCH3 is 2. The monoisotopic (exact) mass is 353 g/mol. The number of carbonyl (C=O) groups excluding carboxylic acids is 1. The molecule has 0 aliphatic heterocycles. The molecule has 3 aromatic rings. The van der Waals surface area contributed by atoms with Crippen molar-refractivity contribution < 1.29 is 18.7 Å². The summed E-state index contributed by atoms with van der Waals surface area (Å²) >= 11 is 0. The number of rotatable bonds is 7. The van der Waals surface area contributed by atoms with E-state index in [1.807, 2.05) is 18.2 Å². The molecule has 26 heavy (non-hydrogen) atoms. The Bertz CT molecular complexity index is 839. The van der Waals surface area contributed by atoms with Crippen molar-refractivity contribution >= 4 is 17.4 Å². The van der Waals surface area contributed by atoms with Crippen LogP contribution in [-0.4, -0.2) is 25.1 Å². The van der Waals surface area contributed by atoms with Crippen molar-refractivity contribution in [1.82, 2.24) is 4.98 Å². The Kier molecular flexibility index (Phi) is 5.38. The average Bonchev–Trinajstić information content (AvgIpc) is 3.20. The molecule has 3 rings (SSSR count). The predicted octanol–water partition coefficient (Wildman–Crippen LogP) is 3.56. The van der Waals surface area contributed by atoms with Crippen LogP contribution in [0.1, 0.15) is 16.1 Å². The maximum atomic E-state index is 12.6. The lowest BCUT2D eigenvalue weighted by Crippen LogP contribution is -2.15. The maximum Gasteiger partial charge on any atom is 0.264 e. The van der Waals surface area contributed by atoms with Gasteiger partial charge in [0, 0.05) is 0 Å². The number of pyridine rings is 1. The number of ether oxygens (including phenoxy) is 2. The highest BCUT2D eigenvalue weighted by Crippen LogP contribution is 2.28. The van der Waals surface area contributed by atoms with Crippen LogP contribution in [0.2, 0.25) is 0 Å². The minimum absolute atomic E-state index is 0.319. The van der Waals surface area contributed by atoms with Gasteiger partial charge in [0.1, 0.15) is 28.6 Å². The van der Waals surface area contributed by atoms with Crippen LogP contribution in [0.4, 0.5) is 11.5 Å². The summed E-state index contributed by atoms with van der Waals surface area (Å²) in [5, 5.41) is 5.93. The number of furan rings is 1. The second-order valence-corrected chi connectivity index (χ2v) is 5.36. The highest BCUT2D eigenvalue weighted by Gasteiger charge is 2.18. The predicted molar refractivity (Wildman–Crippen MR) is 97.8 cm³/mol. The molecule has 0 saturated heterocycles. The summed E-state index contributed by atoms with van der Waals surface area (Å²) in [6.45, 7) is 0.554. The third-order valence-corrected chi connectivity index (χ3v) is 3.71. The van der Waals surface area contributed by atoms with Gasteiger partial charge < -0.3 is 24.5 Å². The van der Waals surface area contributed by atoms with E-state index in [0.29, 0.717) is 29.4 Å². The van der Waals surface area contributed by atoms with Gasteiger partial charge in [0.05, 0.1) is 38.9 Å². The number of hydrogen-bond acceptors (Lipinski definition) is 6. The molecule has 0 aliphatic rings. The Morgan fingerprint density at radius 1 is 1.08 bits per heavy atom. The van der Waals surface area contributed by atoms with Gasteiger partial charge in [0.2, 0.25) is 0 Å². The fraction of sp³-hybridized carbons (Fsp3) is 0.158. The summed E-state index contributed by atoms with van der Waals surface area (Å²) in [7, 11) is 3.01. The first-order chi connectivity index (χ1) is 12.7. The summed E-state index contributed by atoms with van der Waals surface area (Å²) in [5.74, 6) is 1.75. The van der Waals surface area contributed by atoms with Crippen LogP contribution in [0.15, 0.2) is 59.3 Å². The molecular formula is C19H19N3O4. The Labute approximate surface area is 151 Å². The van der Waals surface area contributed by atoms with E-state index in [-0.39, 0.29) is 5.91 Å². The molecule has 0 spiro atoms. The molecule has 7 nitrogen and oxygen atoms in total. The van der Waals surface area contributed by atoms with Crippen molar-refractivity contribution in [2.24, 2.45) is 0 Å². The average molecular weight is 353 g/mol. The van der Waals surface area contributed by atoms with Crippen LogP contribution in [0.25, 0.3) is 0 Å². The summed E-state index contributed by atoms with van der Waals surface area (Å²) in [6.07, 6.45) is 3.26. The minimum Gasteiger partial charge on any atom is -0.496 e. The largest absolute Gasteiger partial charge is 0.496 e. The number of hydrogen-bond donors (Lipinski definition) is 2. The van der Waals surface area contributed by atoms with Gasteiger partial charge >= 0.3 is 0 Å². The molecule has 2 aromatic heterocycles. The molecular weight excluding hydrogens is 334 g/mol. The van der Waals surface area contributed by atoms with Crippen LogP contribution >= 0.6 is 0 Å². The van der Waals surface area contributed by atoms with Crippen molar-refractivity contribution in [3.63, 3.8) is 0 Å². The van der Waals surface area contributed by atoms with Gasteiger partial charge in [-0.2, -0.15) is 0 Å². The lowest BCUT2D eigenvalue weighted by molar-refractivity contribution is 0.102. The molecule has 0 bridgehead atoms. The first-order valence-electron chi connectivity index (χ1n) is 7.96. The van der Waals surface area contributed by atoms with Gasteiger partial charge in [-0.1, -0.05) is 6.07 Å². The molecule has 0 aliphatic carbocycles. The normalized spacial score (nSPS) is 10.2. The molecule has 0 saturated carbocycles. The second-order valence-electron chi connectivity index (χ2n) is 5.36. The van der Waals surface area contributed by atoms with Crippen molar-refractivity contribution in [3.8, 4) is 11.5 Å². The summed E-state index contributed by atoms with van der Waals surface area (Å²) in [4.78, 5) is 16.8. The maximum absolute atomic E-state index is 12.6. The lowest BCUT2D eigenvalue weighted by atomic mass is 10.1. The fourth-order valence-electron chi connectivity index (χ4n) is 2.43. The Morgan fingerprint density at radius 3 is 2.42 bits per heavy atom. The standard InChI is InChI=1S/C19H19N3O4/c1-24-15-6-3-7-16(25-2)18(15)19(23)22-17-9-8-13(11-21-17)20-12-14-5-4-10-26-14/h3-11,20H,12H2,1-2H3,(H,21,22,23). The van der Waals surface area contributed by atoms with Gasteiger partial charge in [-0.3, -0.25) is 4.79 Å². The molecule has 1 aromatic carbocycles. The first-order valence-corrected chi connectivity index (χ1v) is 7.96. The highest BCUT2D eigenvalue weighted by molar-refractivity contribution is 6.07. The molecule has 134 valence electrons.